The molecule has 0 radical (unpaired) electrons. The molecule has 2 fully saturated rings. The van der Waals surface area contributed by atoms with Crippen LogP contribution in [0.4, 0.5) is 0 Å². The van der Waals surface area contributed by atoms with Crippen molar-refractivity contribution in [2.75, 3.05) is 0 Å². The van der Waals surface area contributed by atoms with Gasteiger partial charge >= 0.3 is 11.9 Å². The van der Waals surface area contributed by atoms with Crippen molar-refractivity contribution in [3.05, 3.63) is 75.1 Å². The van der Waals surface area contributed by atoms with E-state index in [-0.39, 0.29) is 53.2 Å². The molecule has 11 nitrogen and oxygen atoms in total. The van der Waals surface area contributed by atoms with Crippen LogP contribution < -0.4 is 26.8 Å². The minimum atomic E-state index is -1.09. The van der Waals surface area contributed by atoms with Gasteiger partial charge in [0.15, 0.2) is 5.88 Å². The molecule has 4 aliphatic heterocycles. The predicted octanol–water partition coefficient (Wildman–Crippen LogP) is 2.41. The number of amides is 1. The molecule has 0 aromatic carbocycles. The van der Waals surface area contributed by atoms with Crippen LogP contribution in [0.3, 0.4) is 0 Å². The van der Waals surface area contributed by atoms with Crippen molar-refractivity contribution >= 4 is 48.7 Å². The van der Waals surface area contributed by atoms with Crippen molar-refractivity contribution in [1.29, 1.82) is 0 Å². The van der Waals surface area contributed by atoms with Crippen molar-refractivity contribution in [2.24, 2.45) is 23.7 Å². The Balaban J connectivity index is 1.62. The number of hydrazine groups is 1. The molecule has 240 valence electrons. The van der Waals surface area contributed by atoms with Gasteiger partial charge < -0.3 is 30.9 Å². The van der Waals surface area contributed by atoms with Crippen LogP contribution in [-0.2, 0) is 14.4 Å². The Labute approximate surface area is 267 Å². The van der Waals surface area contributed by atoms with Gasteiger partial charge in [0.05, 0.1) is 11.7 Å². The summed E-state index contributed by atoms with van der Waals surface area (Å²) in [5.74, 6) is -2.47. The molecule has 3 unspecified atom stereocenters. The largest absolute Gasteiger partial charge is 0.495 e. The lowest BCUT2D eigenvalue weighted by Gasteiger charge is -2.21. The molecular formula is C33H41N5O6S. The number of hydrogen-bond donors (Lipinski definition) is 8. The predicted molar refractivity (Wildman–Crippen MR) is 174 cm³/mol. The summed E-state index contributed by atoms with van der Waals surface area (Å²) < 4.78 is 0. The Kier molecular flexibility index (Phi) is 8.58. The van der Waals surface area contributed by atoms with Crippen molar-refractivity contribution < 1.29 is 29.7 Å². The number of aromatic amines is 1. The van der Waals surface area contributed by atoms with Crippen molar-refractivity contribution in [3.63, 3.8) is 0 Å². The third-order valence-electron chi connectivity index (χ3n) is 9.66. The summed E-state index contributed by atoms with van der Waals surface area (Å²) in [6.07, 6.45) is 10.4. The van der Waals surface area contributed by atoms with Crippen LogP contribution >= 0.6 is 12.6 Å². The van der Waals surface area contributed by atoms with Gasteiger partial charge in [-0.3, -0.25) is 14.6 Å². The van der Waals surface area contributed by atoms with Crippen LogP contribution in [0.1, 0.15) is 51.7 Å². The highest BCUT2D eigenvalue weighted by molar-refractivity contribution is 7.80. The lowest BCUT2D eigenvalue weighted by atomic mass is 9.86. The summed E-state index contributed by atoms with van der Waals surface area (Å²) in [6, 6.07) is -0.226. The maximum atomic E-state index is 12.6. The summed E-state index contributed by atoms with van der Waals surface area (Å²) in [4.78, 5) is 39.2. The molecule has 1 aromatic rings. The van der Waals surface area contributed by atoms with E-state index in [1.54, 1.807) is 12.2 Å². The van der Waals surface area contributed by atoms with Crippen LogP contribution in [-0.4, -0.2) is 60.1 Å². The second-order valence-corrected chi connectivity index (χ2v) is 13.2. The van der Waals surface area contributed by atoms with E-state index >= 15 is 0 Å². The number of aliphatic carboxylic acids is 2. The van der Waals surface area contributed by atoms with Gasteiger partial charge in [0.2, 0.25) is 5.91 Å². The summed E-state index contributed by atoms with van der Waals surface area (Å²) >= 11 is 4.66. The van der Waals surface area contributed by atoms with E-state index in [4.69, 9.17) is 0 Å². The monoisotopic (exact) mass is 635 g/mol. The van der Waals surface area contributed by atoms with E-state index in [1.165, 1.54) is 0 Å². The number of aromatic nitrogens is 1. The number of hydrogen-bond acceptors (Lipinski definition) is 8. The van der Waals surface area contributed by atoms with Crippen molar-refractivity contribution in [2.45, 2.75) is 64.4 Å². The fourth-order valence-corrected chi connectivity index (χ4v) is 7.40. The van der Waals surface area contributed by atoms with Gasteiger partial charge in [0.25, 0.3) is 0 Å². The number of carbonyl (C=O) groups is 3. The van der Waals surface area contributed by atoms with Crippen molar-refractivity contribution in [3.8, 4) is 0 Å². The Morgan fingerprint density at radius 2 is 1.89 bits per heavy atom. The van der Waals surface area contributed by atoms with Crippen LogP contribution in [0.5, 0.6) is 0 Å². The van der Waals surface area contributed by atoms with Crippen LogP contribution in [0.15, 0.2) is 53.2 Å². The number of rotatable bonds is 10. The number of H-pyrrole nitrogens is 1. The minimum absolute atomic E-state index is 0.0466. The molecule has 0 aliphatic carbocycles. The number of carboxylic acids is 2. The summed E-state index contributed by atoms with van der Waals surface area (Å²) in [7, 11) is 0. The number of carboxylic acid groups (broad SMARTS) is 2. The number of nitrogens with zero attached hydrogens (tertiary/aromatic N) is 1. The van der Waals surface area contributed by atoms with E-state index in [2.05, 4.69) is 40.3 Å². The molecule has 5 rings (SSSR count). The molecule has 1 aromatic heterocycles. The number of thiol groups is 1. The molecule has 12 heteroatoms. The number of aliphatic hydroxyl groups is 1. The van der Waals surface area contributed by atoms with Crippen LogP contribution in [0.2, 0.25) is 0 Å². The smallest absolute Gasteiger partial charge is 0.328 e. The van der Waals surface area contributed by atoms with E-state index in [0.29, 0.717) is 22.9 Å². The number of nitrogens with one attached hydrogen (secondary N) is 4. The number of fused-ring (bicyclic) bond motifs is 1. The molecule has 7 N–H and O–H groups in total. The Bertz CT molecular complexity index is 1720. The standard InChI is InChI=1S/C33H41N5O6S/c1-7-20-15(2)24(35-32(20)44)12-23-16(3)21(8-10-28(39)40)25(34-23)13-27-22(9-11-29(41)42)18(5)33(37-38(27)33)14-26-30(19(6)45)17(4)31(43)36-26/h7-8,10,12-15,17-19,24,30,34-35,37,44-45H,1,9,11H2,2-6H3,(H,36,43)(H,39,40)(H,41,42)/b10-8+,23-12+,25-13+,26-14-/t15?,17-,18?,19?,24-,30+,33-,38?/m1/s1. The maximum absolute atomic E-state index is 12.6. The van der Waals surface area contributed by atoms with E-state index in [9.17, 15) is 29.7 Å². The van der Waals surface area contributed by atoms with E-state index in [1.807, 2.05) is 57.9 Å². The topological polar surface area (TPSA) is 177 Å². The zero-order valence-corrected chi connectivity index (χ0v) is 26.9. The van der Waals surface area contributed by atoms with Gasteiger partial charge in [0.1, 0.15) is 5.66 Å². The molecule has 0 saturated carbocycles. The van der Waals surface area contributed by atoms with Gasteiger partial charge in [-0.15, -0.1) is 0 Å². The van der Waals surface area contributed by atoms with E-state index in [0.717, 1.165) is 34.0 Å². The average molecular weight is 636 g/mol. The van der Waals surface area contributed by atoms with Gasteiger partial charge in [-0.05, 0) is 48.8 Å². The molecule has 2 saturated heterocycles. The van der Waals surface area contributed by atoms with Gasteiger partial charge in [0, 0.05) is 69.0 Å². The quantitative estimate of drug-likeness (QED) is 0.109. The Hall–Kier alpha value is -4.16. The first kappa shape index (κ1) is 32.2. The first-order valence-corrected chi connectivity index (χ1v) is 15.6. The average Bonchev–Trinajstić information content (AvgIpc) is 3.28. The fourth-order valence-electron chi connectivity index (χ4n) is 6.98. The Morgan fingerprint density at radius 3 is 2.49 bits per heavy atom. The second kappa shape index (κ2) is 12.0. The van der Waals surface area contributed by atoms with Gasteiger partial charge in [-0.1, -0.05) is 40.3 Å². The normalized spacial score (nSPS) is 31.7. The highest BCUT2D eigenvalue weighted by Crippen LogP contribution is 2.52. The number of carbonyl (C=O) groups excluding carboxylic acids is 1. The molecule has 1 amide bonds. The second-order valence-electron chi connectivity index (χ2n) is 12.4. The van der Waals surface area contributed by atoms with Crippen LogP contribution in [0, 0.1) is 30.6 Å². The lowest BCUT2D eigenvalue weighted by molar-refractivity contribution is -0.137. The minimum Gasteiger partial charge on any atom is -0.495 e. The zero-order chi connectivity index (χ0) is 33.0. The van der Waals surface area contributed by atoms with Gasteiger partial charge in [-0.25, -0.2) is 10.2 Å². The first-order valence-electron chi connectivity index (χ1n) is 15.1. The zero-order valence-electron chi connectivity index (χ0n) is 26.0. The SMILES string of the molecule is C=CC1=C(O)N[C@H](/C=c2/[nH]/c(=C/C3=C(CCC(=O)O)C(C)[C@]4(/C=C5\NC(=O)[C@H](C)[C@H]5C(C)S)NN34)c(/C=C/C(=O)O)c2C)C1C. The summed E-state index contributed by atoms with van der Waals surface area (Å²) in [5.41, 5.74) is 7.52. The molecule has 5 heterocycles. The first-order chi connectivity index (χ1) is 21.2. The highest BCUT2D eigenvalue weighted by atomic mass is 32.1. The number of aliphatic hydroxyl groups excluding tert-OH is 1. The Morgan fingerprint density at radius 1 is 1.18 bits per heavy atom. The number of allylic oxidation sites excluding steroid dienone is 3. The van der Waals surface area contributed by atoms with Crippen molar-refractivity contribution in [1.82, 2.24) is 26.1 Å². The summed E-state index contributed by atoms with van der Waals surface area (Å²) in [6.45, 7) is 13.6. The fraction of sp³-hybridized carbons (Fsp3) is 0.424. The molecule has 0 bridgehead atoms. The third kappa shape index (κ3) is 5.72. The van der Waals surface area contributed by atoms with E-state index < -0.39 is 17.6 Å². The van der Waals surface area contributed by atoms with Gasteiger partial charge in [-0.2, -0.15) is 12.6 Å². The van der Waals surface area contributed by atoms with Crippen LogP contribution in [0.25, 0.3) is 18.2 Å². The third-order valence-corrected chi connectivity index (χ3v) is 9.98. The lowest BCUT2D eigenvalue weighted by Crippen LogP contribution is -2.28. The summed E-state index contributed by atoms with van der Waals surface area (Å²) in [5, 5.41) is 38.8. The molecule has 7 atom stereocenters. The molecule has 45 heavy (non-hydrogen) atoms. The highest BCUT2D eigenvalue weighted by Gasteiger charge is 2.62. The molecule has 4 aliphatic rings. The maximum Gasteiger partial charge on any atom is 0.328 e. The molecule has 0 spiro atoms. The molecular weight excluding hydrogens is 594 g/mol.